The Balaban J connectivity index is 1.41. The fourth-order valence-corrected chi connectivity index (χ4v) is 4.06. The first kappa shape index (κ1) is 18.3. The van der Waals surface area contributed by atoms with Gasteiger partial charge in [0.05, 0.1) is 0 Å². The van der Waals surface area contributed by atoms with Crippen LogP contribution in [0.1, 0.15) is 23.2 Å². The maximum atomic E-state index is 12.8. The third kappa shape index (κ3) is 3.95. The second kappa shape index (κ2) is 7.89. The molecule has 2 N–H and O–H groups in total. The smallest absolute Gasteiger partial charge is 0.276 e. The summed E-state index contributed by atoms with van der Waals surface area (Å²) in [6.07, 6.45) is 5.07. The van der Waals surface area contributed by atoms with E-state index in [1.807, 2.05) is 30.3 Å². The zero-order valence-corrected chi connectivity index (χ0v) is 16.2. The molecular weight excluding hydrogens is 383 g/mol. The molecule has 1 atom stereocenters. The van der Waals surface area contributed by atoms with Crippen molar-refractivity contribution in [2.24, 2.45) is 0 Å². The molecule has 0 saturated heterocycles. The SMILES string of the molecule is O=c1c2c([nH]n1-c1ccccn1)CCC(NCCc1ccc(Cl)cc1Cl)C2. The first-order valence-corrected chi connectivity index (χ1v) is 9.79. The van der Waals surface area contributed by atoms with E-state index in [0.717, 1.165) is 49.0 Å². The topological polar surface area (TPSA) is 62.7 Å². The van der Waals surface area contributed by atoms with Gasteiger partial charge < -0.3 is 5.32 Å². The van der Waals surface area contributed by atoms with Crippen LogP contribution in [0, 0.1) is 0 Å². The largest absolute Gasteiger partial charge is 0.313 e. The van der Waals surface area contributed by atoms with Crippen molar-refractivity contribution in [2.75, 3.05) is 6.54 Å². The van der Waals surface area contributed by atoms with Crippen molar-refractivity contribution in [3.05, 3.63) is 79.8 Å². The number of benzene rings is 1. The minimum absolute atomic E-state index is 0.00375. The molecule has 0 saturated carbocycles. The zero-order chi connectivity index (χ0) is 18.8. The third-order valence-corrected chi connectivity index (χ3v) is 5.57. The van der Waals surface area contributed by atoms with Gasteiger partial charge >= 0.3 is 0 Å². The summed E-state index contributed by atoms with van der Waals surface area (Å²) in [5.74, 6) is 0.624. The second-order valence-electron chi connectivity index (χ2n) is 6.78. The lowest BCUT2D eigenvalue weighted by Crippen LogP contribution is -2.37. The molecule has 1 aromatic carbocycles. The van der Waals surface area contributed by atoms with E-state index in [4.69, 9.17) is 23.2 Å². The molecule has 2 heterocycles. The van der Waals surface area contributed by atoms with E-state index in [9.17, 15) is 4.79 Å². The van der Waals surface area contributed by atoms with Gasteiger partial charge in [-0.15, -0.1) is 0 Å². The molecule has 0 amide bonds. The quantitative estimate of drug-likeness (QED) is 0.685. The standard InChI is InChI=1S/C20H20Cl2N4O/c21-14-5-4-13(17(22)11-14)8-10-23-15-6-7-18-16(12-15)20(27)26(25-18)19-3-1-2-9-24-19/h1-5,9,11,15,23,25H,6-8,10,12H2. The molecule has 140 valence electrons. The molecular formula is C20H20Cl2N4O. The molecule has 0 spiro atoms. The van der Waals surface area contributed by atoms with Crippen molar-refractivity contribution >= 4 is 23.2 Å². The van der Waals surface area contributed by atoms with Gasteiger partial charge in [-0.1, -0.05) is 35.3 Å². The van der Waals surface area contributed by atoms with Gasteiger partial charge in [-0.3, -0.25) is 9.89 Å². The van der Waals surface area contributed by atoms with Crippen LogP contribution in [0.2, 0.25) is 10.0 Å². The molecule has 0 radical (unpaired) electrons. The summed E-state index contributed by atoms with van der Waals surface area (Å²) in [7, 11) is 0. The normalized spacial score (nSPS) is 16.3. The number of rotatable bonds is 5. The third-order valence-electron chi connectivity index (χ3n) is 4.99. The van der Waals surface area contributed by atoms with Gasteiger partial charge in [0.15, 0.2) is 5.82 Å². The summed E-state index contributed by atoms with van der Waals surface area (Å²) in [4.78, 5) is 17.0. The summed E-state index contributed by atoms with van der Waals surface area (Å²) in [5, 5.41) is 8.12. The van der Waals surface area contributed by atoms with Gasteiger partial charge in [0.2, 0.25) is 0 Å². The van der Waals surface area contributed by atoms with Crippen LogP contribution < -0.4 is 10.9 Å². The Morgan fingerprint density at radius 3 is 2.93 bits per heavy atom. The number of aromatic amines is 1. The zero-order valence-electron chi connectivity index (χ0n) is 14.7. The number of nitrogens with one attached hydrogen (secondary N) is 2. The Morgan fingerprint density at radius 2 is 2.15 bits per heavy atom. The first-order valence-electron chi connectivity index (χ1n) is 9.03. The summed E-state index contributed by atoms with van der Waals surface area (Å²) in [6.45, 7) is 0.806. The number of fused-ring (bicyclic) bond motifs is 1. The number of nitrogens with zero attached hydrogens (tertiary/aromatic N) is 2. The van der Waals surface area contributed by atoms with E-state index in [2.05, 4.69) is 15.4 Å². The van der Waals surface area contributed by atoms with Gasteiger partial charge in [-0.05, 0) is 62.1 Å². The molecule has 27 heavy (non-hydrogen) atoms. The Morgan fingerprint density at radius 1 is 1.26 bits per heavy atom. The monoisotopic (exact) mass is 402 g/mol. The lowest BCUT2D eigenvalue weighted by Gasteiger charge is -2.22. The van der Waals surface area contributed by atoms with Gasteiger partial charge in [0, 0.05) is 33.5 Å². The lowest BCUT2D eigenvalue weighted by atomic mass is 9.93. The number of aryl methyl sites for hydroxylation is 1. The van der Waals surface area contributed by atoms with Gasteiger partial charge in [-0.2, -0.15) is 0 Å². The average molecular weight is 403 g/mol. The molecule has 1 aliphatic carbocycles. The van der Waals surface area contributed by atoms with E-state index in [1.54, 1.807) is 16.9 Å². The lowest BCUT2D eigenvalue weighted by molar-refractivity contribution is 0.458. The summed E-state index contributed by atoms with van der Waals surface area (Å²) < 4.78 is 1.54. The van der Waals surface area contributed by atoms with Crippen LogP contribution in [-0.2, 0) is 19.3 Å². The van der Waals surface area contributed by atoms with E-state index in [-0.39, 0.29) is 11.6 Å². The molecule has 2 aromatic heterocycles. The van der Waals surface area contributed by atoms with Crippen LogP contribution in [-0.4, -0.2) is 27.4 Å². The van der Waals surface area contributed by atoms with E-state index in [1.165, 1.54) is 0 Å². The molecule has 1 aliphatic rings. The van der Waals surface area contributed by atoms with Gasteiger partial charge in [-0.25, -0.2) is 9.67 Å². The number of halogens is 2. The van der Waals surface area contributed by atoms with Crippen LogP contribution in [0.5, 0.6) is 0 Å². The van der Waals surface area contributed by atoms with Crippen molar-refractivity contribution in [3.8, 4) is 5.82 Å². The van der Waals surface area contributed by atoms with Crippen LogP contribution in [0.15, 0.2) is 47.4 Å². The van der Waals surface area contributed by atoms with Crippen molar-refractivity contribution < 1.29 is 0 Å². The summed E-state index contributed by atoms with van der Waals surface area (Å²) in [5.41, 5.74) is 2.94. The molecule has 0 fully saturated rings. The number of hydrogen-bond donors (Lipinski definition) is 2. The predicted octanol–water partition coefficient (Wildman–Crippen LogP) is 3.56. The molecule has 7 heteroatoms. The van der Waals surface area contributed by atoms with Crippen molar-refractivity contribution in [3.63, 3.8) is 0 Å². The van der Waals surface area contributed by atoms with Crippen LogP contribution in [0.4, 0.5) is 0 Å². The summed E-state index contributed by atoms with van der Waals surface area (Å²) in [6, 6.07) is 11.4. The number of hydrogen-bond acceptors (Lipinski definition) is 3. The Bertz CT molecular complexity index is 997. The highest BCUT2D eigenvalue weighted by Crippen LogP contribution is 2.22. The highest BCUT2D eigenvalue weighted by atomic mass is 35.5. The molecule has 0 aliphatic heterocycles. The maximum Gasteiger partial charge on any atom is 0.276 e. The van der Waals surface area contributed by atoms with Crippen LogP contribution in [0.25, 0.3) is 5.82 Å². The molecule has 3 aromatic rings. The van der Waals surface area contributed by atoms with Crippen LogP contribution >= 0.6 is 23.2 Å². The Labute approximate surface area is 167 Å². The van der Waals surface area contributed by atoms with Crippen LogP contribution in [0.3, 0.4) is 0 Å². The van der Waals surface area contributed by atoms with Crippen molar-refractivity contribution in [2.45, 2.75) is 31.7 Å². The minimum Gasteiger partial charge on any atom is -0.313 e. The van der Waals surface area contributed by atoms with E-state index < -0.39 is 0 Å². The fraction of sp³-hybridized carbons (Fsp3) is 0.300. The predicted molar refractivity (Wildman–Crippen MR) is 108 cm³/mol. The number of pyridine rings is 1. The fourth-order valence-electron chi connectivity index (χ4n) is 3.56. The first-order chi connectivity index (χ1) is 13.1. The second-order valence-corrected chi connectivity index (χ2v) is 7.62. The maximum absolute atomic E-state index is 12.8. The number of aromatic nitrogens is 3. The minimum atomic E-state index is -0.00375. The summed E-state index contributed by atoms with van der Waals surface area (Å²) >= 11 is 12.2. The Kier molecular flexibility index (Phi) is 5.34. The molecule has 1 unspecified atom stereocenters. The van der Waals surface area contributed by atoms with E-state index >= 15 is 0 Å². The highest BCUT2D eigenvalue weighted by molar-refractivity contribution is 6.35. The van der Waals surface area contributed by atoms with Crippen molar-refractivity contribution in [1.29, 1.82) is 0 Å². The highest BCUT2D eigenvalue weighted by Gasteiger charge is 2.24. The van der Waals surface area contributed by atoms with E-state index in [0.29, 0.717) is 15.9 Å². The van der Waals surface area contributed by atoms with Crippen molar-refractivity contribution in [1.82, 2.24) is 20.1 Å². The van der Waals surface area contributed by atoms with Gasteiger partial charge in [0.25, 0.3) is 5.56 Å². The molecule has 0 bridgehead atoms. The molecule has 5 nitrogen and oxygen atoms in total. The Hall–Kier alpha value is -2.08. The number of H-pyrrole nitrogens is 1. The molecule has 4 rings (SSSR count). The average Bonchev–Trinajstić information content (AvgIpc) is 3.01. The van der Waals surface area contributed by atoms with Gasteiger partial charge in [0.1, 0.15) is 0 Å².